The first kappa shape index (κ1) is 17.5. The molecular formula is C17H28BrNO. The number of hydrogen-bond donors (Lipinski definition) is 1. The quantitative estimate of drug-likeness (QED) is 0.551. The van der Waals surface area contributed by atoms with Gasteiger partial charge in [-0.3, -0.25) is 0 Å². The van der Waals surface area contributed by atoms with Gasteiger partial charge in [-0.2, -0.15) is 0 Å². The molecule has 2 nitrogen and oxygen atoms in total. The van der Waals surface area contributed by atoms with Gasteiger partial charge >= 0.3 is 0 Å². The highest BCUT2D eigenvalue weighted by Gasteiger charge is 2.02. The second-order valence-electron chi connectivity index (χ2n) is 5.25. The molecule has 0 radical (unpaired) electrons. The predicted octanol–water partition coefficient (Wildman–Crippen LogP) is 5.30. The third-order valence-corrected chi connectivity index (χ3v) is 4.01. The maximum Gasteiger partial charge on any atom is 0.123 e. The van der Waals surface area contributed by atoms with Gasteiger partial charge in [-0.1, -0.05) is 61.4 Å². The minimum absolute atomic E-state index is 0.873. The number of hydrogen-bond acceptors (Lipinski definition) is 2. The van der Waals surface area contributed by atoms with Crippen molar-refractivity contribution in [3.05, 3.63) is 28.2 Å². The van der Waals surface area contributed by atoms with Crippen LogP contribution in [0.25, 0.3) is 0 Å². The molecule has 0 spiro atoms. The monoisotopic (exact) mass is 341 g/mol. The van der Waals surface area contributed by atoms with Crippen molar-refractivity contribution in [3.63, 3.8) is 0 Å². The maximum atomic E-state index is 5.37. The Bertz CT molecular complexity index is 368. The summed E-state index contributed by atoms with van der Waals surface area (Å²) in [6.07, 6.45) is 9.50. The van der Waals surface area contributed by atoms with Crippen LogP contribution in [0, 0.1) is 0 Å². The number of halogens is 1. The molecule has 0 aliphatic heterocycles. The number of ether oxygens (including phenoxy) is 1. The highest BCUT2D eigenvalue weighted by molar-refractivity contribution is 9.10. The molecule has 1 rings (SSSR count). The van der Waals surface area contributed by atoms with Crippen LogP contribution in [-0.2, 0) is 6.54 Å². The Morgan fingerprint density at radius 1 is 1.05 bits per heavy atom. The van der Waals surface area contributed by atoms with Crippen LogP contribution >= 0.6 is 15.9 Å². The van der Waals surface area contributed by atoms with Gasteiger partial charge in [-0.05, 0) is 31.2 Å². The van der Waals surface area contributed by atoms with Crippen LogP contribution in [0.5, 0.6) is 5.75 Å². The van der Waals surface area contributed by atoms with E-state index >= 15 is 0 Å². The van der Waals surface area contributed by atoms with Crippen molar-refractivity contribution >= 4 is 15.9 Å². The largest absolute Gasteiger partial charge is 0.496 e. The van der Waals surface area contributed by atoms with Gasteiger partial charge in [0.15, 0.2) is 0 Å². The summed E-state index contributed by atoms with van der Waals surface area (Å²) in [5, 5.41) is 3.50. The van der Waals surface area contributed by atoms with Gasteiger partial charge in [0.1, 0.15) is 5.75 Å². The standard InChI is InChI=1S/C17H28BrNO/c1-3-4-5-6-7-8-9-12-19-14-15-13-16(18)10-11-17(15)20-2/h10-11,13,19H,3-9,12,14H2,1-2H3. The summed E-state index contributed by atoms with van der Waals surface area (Å²) in [6, 6.07) is 6.14. The van der Waals surface area contributed by atoms with Crippen LogP contribution in [0.2, 0.25) is 0 Å². The number of benzene rings is 1. The van der Waals surface area contributed by atoms with Gasteiger partial charge in [0.25, 0.3) is 0 Å². The van der Waals surface area contributed by atoms with E-state index in [4.69, 9.17) is 4.74 Å². The molecule has 114 valence electrons. The van der Waals surface area contributed by atoms with Crippen LogP contribution in [0.15, 0.2) is 22.7 Å². The van der Waals surface area contributed by atoms with Crippen LogP contribution in [0.4, 0.5) is 0 Å². The molecule has 0 unspecified atom stereocenters. The Labute approximate surface area is 132 Å². The zero-order valence-corrected chi connectivity index (χ0v) is 14.5. The summed E-state index contributed by atoms with van der Waals surface area (Å²) in [4.78, 5) is 0. The van der Waals surface area contributed by atoms with Crippen molar-refractivity contribution in [1.29, 1.82) is 0 Å². The second kappa shape index (κ2) is 11.2. The van der Waals surface area contributed by atoms with Gasteiger partial charge in [-0.25, -0.2) is 0 Å². The van der Waals surface area contributed by atoms with E-state index in [1.54, 1.807) is 7.11 Å². The lowest BCUT2D eigenvalue weighted by Crippen LogP contribution is -2.15. The van der Waals surface area contributed by atoms with Gasteiger partial charge in [0, 0.05) is 16.6 Å². The Hall–Kier alpha value is -0.540. The summed E-state index contributed by atoms with van der Waals surface area (Å²) < 4.78 is 6.48. The van der Waals surface area contributed by atoms with Gasteiger partial charge < -0.3 is 10.1 Å². The molecule has 0 aromatic heterocycles. The molecule has 1 aromatic carbocycles. The minimum atomic E-state index is 0.873. The molecule has 0 heterocycles. The summed E-state index contributed by atoms with van der Waals surface area (Å²) in [7, 11) is 1.73. The van der Waals surface area contributed by atoms with Crippen LogP contribution in [-0.4, -0.2) is 13.7 Å². The molecule has 0 amide bonds. The number of rotatable bonds is 11. The highest BCUT2D eigenvalue weighted by atomic mass is 79.9. The van der Waals surface area contributed by atoms with Crippen LogP contribution < -0.4 is 10.1 Å². The maximum absolute atomic E-state index is 5.37. The molecule has 20 heavy (non-hydrogen) atoms. The topological polar surface area (TPSA) is 21.3 Å². The van der Waals surface area contributed by atoms with Crippen molar-refractivity contribution in [2.24, 2.45) is 0 Å². The number of nitrogens with one attached hydrogen (secondary N) is 1. The average Bonchev–Trinajstić information content (AvgIpc) is 2.46. The zero-order chi connectivity index (χ0) is 14.6. The van der Waals surface area contributed by atoms with E-state index in [0.717, 1.165) is 23.3 Å². The number of unbranched alkanes of at least 4 members (excludes halogenated alkanes) is 6. The summed E-state index contributed by atoms with van der Waals surface area (Å²) in [6.45, 7) is 4.22. The number of methoxy groups -OCH3 is 1. The van der Waals surface area contributed by atoms with Gasteiger partial charge in [0.05, 0.1) is 7.11 Å². The minimum Gasteiger partial charge on any atom is -0.496 e. The lowest BCUT2D eigenvalue weighted by atomic mass is 10.1. The normalized spacial score (nSPS) is 10.8. The molecule has 0 saturated carbocycles. The Morgan fingerprint density at radius 3 is 2.45 bits per heavy atom. The fourth-order valence-electron chi connectivity index (χ4n) is 2.32. The van der Waals surface area contributed by atoms with E-state index < -0.39 is 0 Å². The Balaban J connectivity index is 2.10. The SMILES string of the molecule is CCCCCCCCCNCc1cc(Br)ccc1OC. The fraction of sp³-hybridized carbons (Fsp3) is 0.647. The predicted molar refractivity (Wildman–Crippen MR) is 90.4 cm³/mol. The summed E-state index contributed by atoms with van der Waals surface area (Å²) in [5.74, 6) is 0.959. The molecule has 0 aliphatic rings. The first-order chi connectivity index (χ1) is 9.77. The van der Waals surface area contributed by atoms with Crippen molar-refractivity contribution < 1.29 is 4.74 Å². The first-order valence-corrected chi connectivity index (χ1v) is 8.60. The lowest BCUT2D eigenvalue weighted by molar-refractivity contribution is 0.407. The Morgan fingerprint density at radius 2 is 1.75 bits per heavy atom. The molecule has 0 bridgehead atoms. The van der Waals surface area contributed by atoms with Crippen molar-refractivity contribution in [2.75, 3.05) is 13.7 Å². The molecule has 0 atom stereocenters. The van der Waals surface area contributed by atoms with Crippen molar-refractivity contribution in [2.45, 2.75) is 58.4 Å². The van der Waals surface area contributed by atoms with Crippen molar-refractivity contribution in [1.82, 2.24) is 5.32 Å². The van der Waals surface area contributed by atoms with Crippen LogP contribution in [0.1, 0.15) is 57.4 Å². The molecule has 0 fully saturated rings. The van der Waals surface area contributed by atoms with Gasteiger partial charge in [-0.15, -0.1) is 0 Å². The average molecular weight is 342 g/mol. The fourth-order valence-corrected chi connectivity index (χ4v) is 2.72. The van der Waals surface area contributed by atoms with E-state index in [-0.39, 0.29) is 0 Å². The van der Waals surface area contributed by atoms with E-state index in [9.17, 15) is 0 Å². The molecule has 1 aromatic rings. The van der Waals surface area contributed by atoms with Crippen LogP contribution in [0.3, 0.4) is 0 Å². The van der Waals surface area contributed by atoms with E-state index in [1.807, 2.05) is 12.1 Å². The second-order valence-corrected chi connectivity index (χ2v) is 6.17. The molecule has 3 heteroatoms. The smallest absolute Gasteiger partial charge is 0.123 e. The highest BCUT2D eigenvalue weighted by Crippen LogP contribution is 2.22. The molecular weight excluding hydrogens is 314 g/mol. The summed E-state index contributed by atoms with van der Waals surface area (Å²) in [5.41, 5.74) is 1.21. The first-order valence-electron chi connectivity index (χ1n) is 7.81. The van der Waals surface area contributed by atoms with E-state index in [1.165, 1.54) is 50.5 Å². The Kier molecular flexibility index (Phi) is 9.77. The van der Waals surface area contributed by atoms with Crippen molar-refractivity contribution in [3.8, 4) is 5.75 Å². The summed E-state index contributed by atoms with van der Waals surface area (Å²) >= 11 is 3.51. The van der Waals surface area contributed by atoms with E-state index in [2.05, 4.69) is 34.2 Å². The lowest BCUT2D eigenvalue weighted by Gasteiger charge is -2.10. The third-order valence-electron chi connectivity index (χ3n) is 3.52. The molecule has 1 N–H and O–H groups in total. The van der Waals surface area contributed by atoms with E-state index in [0.29, 0.717) is 0 Å². The molecule has 0 aliphatic carbocycles. The van der Waals surface area contributed by atoms with Gasteiger partial charge in [0.2, 0.25) is 0 Å². The molecule has 0 saturated heterocycles. The zero-order valence-electron chi connectivity index (χ0n) is 12.9. The third kappa shape index (κ3) is 7.30.